The third-order valence-corrected chi connectivity index (χ3v) is 4.11. The van der Waals surface area contributed by atoms with E-state index < -0.39 is 0 Å². The molecule has 0 spiro atoms. The average molecular weight is 333 g/mol. The van der Waals surface area contributed by atoms with Gasteiger partial charge < -0.3 is 5.32 Å². The zero-order valence-electron chi connectivity index (χ0n) is 13.6. The molecule has 3 aromatic heterocycles. The molecule has 0 saturated carbocycles. The number of anilines is 1. The molecule has 5 nitrogen and oxygen atoms in total. The smallest absolute Gasteiger partial charge is 0.154 e. The topological polar surface area (TPSA) is 55.1 Å². The van der Waals surface area contributed by atoms with Crippen LogP contribution in [0.3, 0.4) is 0 Å². The van der Waals surface area contributed by atoms with Crippen molar-refractivity contribution in [2.45, 2.75) is 13.5 Å². The van der Waals surface area contributed by atoms with Crippen molar-refractivity contribution in [3.8, 4) is 11.3 Å². The Balaban J connectivity index is 1.64. The van der Waals surface area contributed by atoms with Crippen LogP contribution < -0.4 is 5.32 Å². The van der Waals surface area contributed by atoms with E-state index in [1.54, 1.807) is 35.2 Å². The van der Waals surface area contributed by atoms with E-state index in [-0.39, 0.29) is 5.82 Å². The Hall–Kier alpha value is -3.28. The first kappa shape index (κ1) is 15.3. The van der Waals surface area contributed by atoms with Crippen molar-refractivity contribution in [3.05, 3.63) is 78.0 Å². The molecule has 0 atom stereocenters. The summed E-state index contributed by atoms with van der Waals surface area (Å²) in [6.45, 7) is 2.46. The maximum atomic E-state index is 13.4. The van der Waals surface area contributed by atoms with Crippen LogP contribution in [0.25, 0.3) is 16.9 Å². The van der Waals surface area contributed by atoms with Gasteiger partial charge in [0.1, 0.15) is 11.6 Å². The normalized spacial score (nSPS) is 11.0. The Morgan fingerprint density at radius 3 is 2.76 bits per heavy atom. The van der Waals surface area contributed by atoms with E-state index >= 15 is 0 Å². The van der Waals surface area contributed by atoms with Crippen molar-refractivity contribution in [2.24, 2.45) is 0 Å². The zero-order valence-corrected chi connectivity index (χ0v) is 13.6. The van der Waals surface area contributed by atoms with Gasteiger partial charge in [-0.1, -0.05) is 6.07 Å². The van der Waals surface area contributed by atoms with Crippen molar-refractivity contribution in [1.82, 2.24) is 19.6 Å². The van der Waals surface area contributed by atoms with E-state index in [2.05, 4.69) is 20.4 Å². The molecule has 0 aliphatic heterocycles. The SMILES string of the molecule is Cc1ccc(F)cc1CNc1ccc2ncc(-c3ccncc3)n2n1. The lowest BCUT2D eigenvalue weighted by molar-refractivity contribution is 0.625. The van der Waals surface area contributed by atoms with Gasteiger partial charge in [-0.3, -0.25) is 4.98 Å². The fourth-order valence-electron chi connectivity index (χ4n) is 2.70. The van der Waals surface area contributed by atoms with Gasteiger partial charge in [-0.15, -0.1) is 5.10 Å². The Kier molecular flexibility index (Phi) is 3.85. The first-order valence-corrected chi connectivity index (χ1v) is 7.95. The van der Waals surface area contributed by atoms with Crippen molar-refractivity contribution in [2.75, 3.05) is 5.32 Å². The van der Waals surface area contributed by atoms with Gasteiger partial charge in [-0.25, -0.2) is 13.9 Å². The minimum absolute atomic E-state index is 0.236. The first-order chi connectivity index (χ1) is 12.2. The van der Waals surface area contributed by atoms with Crippen molar-refractivity contribution in [1.29, 1.82) is 0 Å². The predicted molar refractivity (Wildman–Crippen MR) is 94.7 cm³/mol. The third-order valence-electron chi connectivity index (χ3n) is 4.11. The minimum atomic E-state index is -0.236. The summed E-state index contributed by atoms with van der Waals surface area (Å²) >= 11 is 0. The molecular weight excluding hydrogens is 317 g/mol. The van der Waals surface area contributed by atoms with Crippen LogP contribution in [0, 0.1) is 12.7 Å². The Bertz CT molecular complexity index is 1030. The second-order valence-corrected chi connectivity index (χ2v) is 5.79. The quantitative estimate of drug-likeness (QED) is 0.616. The average Bonchev–Trinajstić information content (AvgIpc) is 3.06. The Labute approximate surface area is 144 Å². The molecule has 0 radical (unpaired) electrons. The number of fused-ring (bicyclic) bond motifs is 1. The number of benzene rings is 1. The lowest BCUT2D eigenvalue weighted by atomic mass is 10.1. The van der Waals surface area contributed by atoms with Gasteiger partial charge in [0.25, 0.3) is 0 Å². The van der Waals surface area contributed by atoms with Crippen molar-refractivity contribution < 1.29 is 4.39 Å². The van der Waals surface area contributed by atoms with Gasteiger partial charge in [-0.2, -0.15) is 0 Å². The highest BCUT2D eigenvalue weighted by Gasteiger charge is 2.08. The molecule has 3 heterocycles. The number of hydrogen-bond acceptors (Lipinski definition) is 4. The standard InChI is InChI=1S/C19H16FN5/c1-13-2-3-16(20)10-15(13)11-22-18-4-5-19-23-12-17(25(19)24-18)14-6-8-21-9-7-14/h2-10,12H,11H2,1H3,(H,22,24). The predicted octanol–water partition coefficient (Wildman–Crippen LogP) is 3.85. The van der Waals surface area contributed by atoms with Crippen molar-refractivity contribution in [3.63, 3.8) is 0 Å². The third kappa shape index (κ3) is 3.06. The van der Waals surface area contributed by atoms with Gasteiger partial charge >= 0.3 is 0 Å². The van der Waals surface area contributed by atoms with Gasteiger partial charge in [0, 0.05) is 24.5 Å². The maximum absolute atomic E-state index is 13.4. The molecule has 0 unspecified atom stereocenters. The molecule has 1 N–H and O–H groups in total. The molecule has 0 bridgehead atoms. The molecule has 4 aromatic rings. The molecule has 25 heavy (non-hydrogen) atoms. The zero-order chi connectivity index (χ0) is 17.2. The summed E-state index contributed by atoms with van der Waals surface area (Å²) in [5.74, 6) is 0.463. The van der Waals surface area contributed by atoms with Crippen LogP contribution >= 0.6 is 0 Å². The number of nitrogens with one attached hydrogen (secondary N) is 1. The molecule has 6 heteroatoms. The van der Waals surface area contributed by atoms with Crippen LogP contribution in [0.4, 0.5) is 10.2 Å². The van der Waals surface area contributed by atoms with Crippen LogP contribution in [-0.2, 0) is 6.54 Å². The summed E-state index contributed by atoms with van der Waals surface area (Å²) in [5, 5.41) is 7.86. The Morgan fingerprint density at radius 1 is 1.08 bits per heavy atom. The summed E-state index contributed by atoms with van der Waals surface area (Å²) in [6.07, 6.45) is 5.27. The molecule has 0 fully saturated rings. The molecular formula is C19H16FN5. The van der Waals surface area contributed by atoms with Gasteiger partial charge in [0.05, 0.1) is 11.9 Å². The largest absolute Gasteiger partial charge is 0.365 e. The number of rotatable bonds is 4. The van der Waals surface area contributed by atoms with Crippen LogP contribution in [-0.4, -0.2) is 19.6 Å². The van der Waals surface area contributed by atoms with E-state index in [0.29, 0.717) is 12.4 Å². The summed E-state index contributed by atoms with van der Waals surface area (Å²) in [6, 6.07) is 12.4. The number of aryl methyl sites for hydroxylation is 1. The summed E-state index contributed by atoms with van der Waals surface area (Å²) < 4.78 is 15.2. The lowest BCUT2D eigenvalue weighted by Crippen LogP contribution is -2.06. The highest BCUT2D eigenvalue weighted by molar-refractivity contribution is 5.63. The molecule has 1 aromatic carbocycles. The van der Waals surface area contributed by atoms with E-state index in [1.165, 1.54) is 6.07 Å². The Morgan fingerprint density at radius 2 is 1.92 bits per heavy atom. The number of nitrogens with zero attached hydrogens (tertiary/aromatic N) is 4. The molecule has 0 aliphatic carbocycles. The molecule has 0 amide bonds. The summed E-state index contributed by atoms with van der Waals surface area (Å²) in [5.41, 5.74) is 4.59. The molecule has 0 saturated heterocycles. The fourth-order valence-corrected chi connectivity index (χ4v) is 2.70. The highest BCUT2D eigenvalue weighted by atomic mass is 19.1. The van der Waals surface area contributed by atoms with Crippen LogP contribution in [0.1, 0.15) is 11.1 Å². The maximum Gasteiger partial charge on any atom is 0.154 e. The van der Waals surface area contributed by atoms with Crippen molar-refractivity contribution >= 4 is 11.5 Å². The van der Waals surface area contributed by atoms with Crippen LogP contribution in [0.15, 0.2) is 61.1 Å². The van der Waals surface area contributed by atoms with E-state index in [1.807, 2.05) is 31.2 Å². The monoisotopic (exact) mass is 333 g/mol. The molecule has 0 aliphatic rings. The minimum Gasteiger partial charge on any atom is -0.365 e. The highest BCUT2D eigenvalue weighted by Crippen LogP contribution is 2.20. The number of hydrogen-bond donors (Lipinski definition) is 1. The van der Waals surface area contributed by atoms with Gasteiger partial charge in [0.15, 0.2) is 5.65 Å². The number of imidazole rings is 1. The number of halogens is 1. The van der Waals surface area contributed by atoms with Crippen LogP contribution in [0.2, 0.25) is 0 Å². The second-order valence-electron chi connectivity index (χ2n) is 5.79. The first-order valence-electron chi connectivity index (χ1n) is 7.95. The fraction of sp³-hybridized carbons (Fsp3) is 0.105. The van der Waals surface area contributed by atoms with Gasteiger partial charge in [-0.05, 0) is 54.4 Å². The molecule has 124 valence electrons. The van der Waals surface area contributed by atoms with E-state index in [0.717, 1.165) is 28.0 Å². The number of aromatic nitrogens is 4. The van der Waals surface area contributed by atoms with E-state index in [4.69, 9.17) is 0 Å². The molecule has 4 rings (SSSR count). The lowest BCUT2D eigenvalue weighted by Gasteiger charge is -2.09. The summed E-state index contributed by atoms with van der Waals surface area (Å²) in [4.78, 5) is 8.42. The van der Waals surface area contributed by atoms with Gasteiger partial charge in [0.2, 0.25) is 0 Å². The second kappa shape index (κ2) is 6.32. The van der Waals surface area contributed by atoms with Crippen LogP contribution in [0.5, 0.6) is 0 Å². The van der Waals surface area contributed by atoms with E-state index in [9.17, 15) is 4.39 Å². The summed E-state index contributed by atoms with van der Waals surface area (Å²) in [7, 11) is 0. The number of pyridine rings is 1.